The zero-order valence-corrected chi connectivity index (χ0v) is 16.2. The first-order chi connectivity index (χ1) is 13.7. The van der Waals surface area contributed by atoms with E-state index in [1.54, 1.807) is 7.11 Å². The number of hydrogen-bond acceptors (Lipinski definition) is 3. The fourth-order valence-electron chi connectivity index (χ4n) is 2.98. The number of carbonyl (C=O) groups is 1. The van der Waals surface area contributed by atoms with Crippen molar-refractivity contribution < 1.29 is 14.3 Å². The minimum Gasteiger partial charge on any atom is -0.493 e. The topological polar surface area (TPSA) is 47.6 Å². The molecule has 0 aromatic heterocycles. The maximum absolute atomic E-state index is 12.2. The molecule has 0 bridgehead atoms. The van der Waals surface area contributed by atoms with Crippen molar-refractivity contribution in [1.29, 1.82) is 0 Å². The molecule has 0 heterocycles. The molecule has 0 spiro atoms. The quantitative estimate of drug-likeness (QED) is 0.602. The van der Waals surface area contributed by atoms with Crippen LogP contribution in [0.15, 0.2) is 78.9 Å². The normalized spacial score (nSPS) is 11.5. The van der Waals surface area contributed by atoms with E-state index in [4.69, 9.17) is 9.47 Å². The predicted molar refractivity (Wildman–Crippen MR) is 112 cm³/mol. The summed E-state index contributed by atoms with van der Waals surface area (Å²) < 4.78 is 10.9. The molecule has 1 atom stereocenters. The number of nitrogens with one attached hydrogen (secondary N) is 1. The third kappa shape index (κ3) is 5.13. The van der Waals surface area contributed by atoms with Crippen LogP contribution in [0.1, 0.15) is 24.9 Å². The van der Waals surface area contributed by atoms with Gasteiger partial charge in [0.25, 0.3) is 0 Å². The minimum atomic E-state index is -0.0661. The maximum Gasteiger partial charge on any atom is 0.223 e. The molecule has 0 saturated carbocycles. The zero-order valence-electron chi connectivity index (χ0n) is 16.2. The molecule has 28 heavy (non-hydrogen) atoms. The highest BCUT2D eigenvalue weighted by Gasteiger charge is 2.11. The molecule has 4 heteroatoms. The Hall–Kier alpha value is -3.27. The van der Waals surface area contributed by atoms with Gasteiger partial charge < -0.3 is 14.8 Å². The van der Waals surface area contributed by atoms with Crippen LogP contribution in [-0.4, -0.2) is 19.6 Å². The molecule has 0 saturated heterocycles. The van der Waals surface area contributed by atoms with Crippen molar-refractivity contribution in [2.75, 3.05) is 13.7 Å². The van der Waals surface area contributed by atoms with Crippen molar-refractivity contribution in [2.45, 2.75) is 19.4 Å². The zero-order chi connectivity index (χ0) is 19.8. The summed E-state index contributed by atoms with van der Waals surface area (Å²) in [5, 5.41) is 3.02. The van der Waals surface area contributed by atoms with Crippen LogP contribution in [-0.2, 0) is 4.79 Å². The number of amides is 1. The SMILES string of the molecule is COc1ccccc1OCCC(=O)NC(C)c1ccc(-c2ccccc2)cc1. The molecule has 0 aliphatic heterocycles. The highest BCUT2D eigenvalue weighted by Crippen LogP contribution is 2.26. The van der Waals surface area contributed by atoms with Gasteiger partial charge in [0.15, 0.2) is 11.5 Å². The molecular weight excluding hydrogens is 350 g/mol. The standard InChI is InChI=1S/C24H25NO3/c1-18(19-12-14-21(15-13-19)20-8-4-3-5-9-20)25-24(26)16-17-28-23-11-7-6-10-22(23)27-2/h3-15,18H,16-17H2,1-2H3,(H,25,26). The number of carbonyl (C=O) groups excluding carboxylic acids is 1. The summed E-state index contributed by atoms with van der Waals surface area (Å²) in [6, 6.07) is 25.8. The Balaban J connectivity index is 1.50. The van der Waals surface area contributed by atoms with Crippen LogP contribution < -0.4 is 14.8 Å². The summed E-state index contributed by atoms with van der Waals surface area (Å²) in [5.74, 6) is 1.26. The monoisotopic (exact) mass is 375 g/mol. The lowest BCUT2D eigenvalue weighted by Gasteiger charge is -2.15. The molecule has 3 aromatic rings. The molecule has 1 unspecified atom stereocenters. The molecule has 1 N–H and O–H groups in total. The van der Waals surface area contributed by atoms with Crippen molar-refractivity contribution in [3.05, 3.63) is 84.4 Å². The first-order valence-corrected chi connectivity index (χ1v) is 9.38. The van der Waals surface area contributed by atoms with Gasteiger partial charge in [-0.15, -0.1) is 0 Å². The van der Waals surface area contributed by atoms with Crippen LogP contribution >= 0.6 is 0 Å². The molecule has 3 aromatic carbocycles. The predicted octanol–water partition coefficient (Wildman–Crippen LogP) is 5.01. The Morgan fingerprint density at radius 3 is 2.14 bits per heavy atom. The van der Waals surface area contributed by atoms with Gasteiger partial charge in [-0.2, -0.15) is 0 Å². The van der Waals surface area contributed by atoms with Crippen molar-refractivity contribution >= 4 is 5.91 Å². The molecule has 0 aliphatic carbocycles. The smallest absolute Gasteiger partial charge is 0.223 e. The van der Waals surface area contributed by atoms with Crippen molar-refractivity contribution in [2.24, 2.45) is 0 Å². The number of ether oxygens (including phenoxy) is 2. The van der Waals surface area contributed by atoms with E-state index in [9.17, 15) is 4.79 Å². The average Bonchev–Trinajstić information content (AvgIpc) is 2.75. The highest BCUT2D eigenvalue weighted by atomic mass is 16.5. The molecule has 4 nitrogen and oxygen atoms in total. The molecule has 144 valence electrons. The Bertz CT molecular complexity index is 891. The van der Waals surface area contributed by atoms with Crippen LogP contribution in [0.3, 0.4) is 0 Å². The van der Waals surface area contributed by atoms with E-state index < -0.39 is 0 Å². The van der Waals surface area contributed by atoms with Crippen LogP contribution in [0, 0.1) is 0 Å². The van der Waals surface area contributed by atoms with Gasteiger partial charge >= 0.3 is 0 Å². The van der Waals surface area contributed by atoms with Gasteiger partial charge in [0.1, 0.15) is 0 Å². The summed E-state index contributed by atoms with van der Waals surface area (Å²) in [6.45, 7) is 2.28. The van der Waals surface area contributed by atoms with Crippen LogP contribution in [0.2, 0.25) is 0 Å². The second-order valence-corrected chi connectivity index (χ2v) is 6.53. The van der Waals surface area contributed by atoms with Gasteiger partial charge in [-0.05, 0) is 35.7 Å². The Morgan fingerprint density at radius 1 is 0.857 bits per heavy atom. The van der Waals surface area contributed by atoms with E-state index in [2.05, 4.69) is 41.7 Å². The Morgan fingerprint density at radius 2 is 1.46 bits per heavy atom. The number of methoxy groups -OCH3 is 1. The van der Waals surface area contributed by atoms with E-state index in [0.717, 1.165) is 11.1 Å². The number of hydrogen-bond donors (Lipinski definition) is 1. The number of para-hydroxylation sites is 2. The van der Waals surface area contributed by atoms with E-state index in [0.29, 0.717) is 18.1 Å². The molecular formula is C24H25NO3. The van der Waals surface area contributed by atoms with E-state index >= 15 is 0 Å². The van der Waals surface area contributed by atoms with E-state index in [1.807, 2.05) is 49.4 Å². The first-order valence-electron chi connectivity index (χ1n) is 9.38. The van der Waals surface area contributed by atoms with Gasteiger partial charge in [-0.25, -0.2) is 0 Å². The van der Waals surface area contributed by atoms with E-state index in [-0.39, 0.29) is 18.4 Å². The molecule has 3 rings (SSSR count). The molecule has 0 aliphatic rings. The lowest BCUT2D eigenvalue weighted by atomic mass is 10.0. The van der Waals surface area contributed by atoms with Crippen molar-refractivity contribution in [1.82, 2.24) is 5.32 Å². The van der Waals surface area contributed by atoms with Gasteiger partial charge in [0, 0.05) is 0 Å². The lowest BCUT2D eigenvalue weighted by molar-refractivity contribution is -0.122. The molecule has 0 fully saturated rings. The van der Waals surface area contributed by atoms with Crippen LogP contribution in [0.5, 0.6) is 11.5 Å². The minimum absolute atomic E-state index is 0.0467. The average molecular weight is 375 g/mol. The fraction of sp³-hybridized carbons (Fsp3) is 0.208. The van der Waals surface area contributed by atoms with Gasteiger partial charge in [0.2, 0.25) is 5.91 Å². The second-order valence-electron chi connectivity index (χ2n) is 6.53. The van der Waals surface area contributed by atoms with Gasteiger partial charge in [-0.1, -0.05) is 66.7 Å². The third-order valence-electron chi connectivity index (χ3n) is 4.55. The Labute approximate surface area is 166 Å². The van der Waals surface area contributed by atoms with Crippen molar-refractivity contribution in [3.8, 4) is 22.6 Å². The fourth-order valence-corrected chi connectivity index (χ4v) is 2.98. The summed E-state index contributed by atoms with van der Waals surface area (Å²) >= 11 is 0. The third-order valence-corrected chi connectivity index (χ3v) is 4.55. The maximum atomic E-state index is 12.2. The van der Waals surface area contributed by atoms with Gasteiger partial charge in [0.05, 0.1) is 26.2 Å². The van der Waals surface area contributed by atoms with Crippen LogP contribution in [0.25, 0.3) is 11.1 Å². The first kappa shape index (κ1) is 19.5. The van der Waals surface area contributed by atoms with Crippen molar-refractivity contribution in [3.63, 3.8) is 0 Å². The summed E-state index contributed by atoms with van der Waals surface area (Å²) in [7, 11) is 1.60. The summed E-state index contributed by atoms with van der Waals surface area (Å²) in [5.41, 5.74) is 3.41. The van der Waals surface area contributed by atoms with E-state index in [1.165, 1.54) is 5.56 Å². The largest absolute Gasteiger partial charge is 0.493 e. The lowest BCUT2D eigenvalue weighted by Crippen LogP contribution is -2.27. The molecule has 0 radical (unpaired) electrons. The molecule has 1 amide bonds. The summed E-state index contributed by atoms with van der Waals surface area (Å²) in [6.07, 6.45) is 0.282. The van der Waals surface area contributed by atoms with Gasteiger partial charge in [-0.3, -0.25) is 4.79 Å². The van der Waals surface area contributed by atoms with Crippen LogP contribution in [0.4, 0.5) is 0 Å². The summed E-state index contributed by atoms with van der Waals surface area (Å²) in [4.78, 5) is 12.2. The Kier molecular flexibility index (Phi) is 6.68. The second kappa shape index (κ2) is 9.60. The number of benzene rings is 3. The number of rotatable bonds is 8. The highest BCUT2D eigenvalue weighted by molar-refractivity contribution is 5.76.